The molecule has 0 aromatic heterocycles. The predicted octanol–water partition coefficient (Wildman–Crippen LogP) is 1.80. The van der Waals surface area contributed by atoms with E-state index in [0.717, 1.165) is 12.0 Å². The van der Waals surface area contributed by atoms with Gasteiger partial charge in [0.25, 0.3) is 0 Å². The van der Waals surface area contributed by atoms with Crippen LogP contribution in [0.4, 0.5) is 0 Å². The molecule has 5 heteroatoms. The Balaban J connectivity index is 2.23. The van der Waals surface area contributed by atoms with Gasteiger partial charge < -0.3 is 15.3 Å². The third kappa shape index (κ3) is 3.35. The van der Waals surface area contributed by atoms with E-state index in [-0.39, 0.29) is 17.6 Å². The molecular weight excluding hydrogens is 268 g/mol. The Morgan fingerprint density at radius 3 is 2.67 bits per heavy atom. The Bertz CT molecular complexity index is 530. The largest absolute Gasteiger partial charge is 0.508 e. The number of phenolic OH excluding ortho intramolecular Hbond substituents is 1. The van der Waals surface area contributed by atoms with Crippen LogP contribution in [0.5, 0.6) is 5.75 Å². The molecule has 2 rings (SSSR count). The fourth-order valence-electron chi connectivity index (χ4n) is 2.75. The van der Waals surface area contributed by atoms with Gasteiger partial charge in [0.05, 0.1) is 0 Å². The molecule has 1 aliphatic rings. The molecule has 5 nitrogen and oxygen atoms in total. The summed E-state index contributed by atoms with van der Waals surface area (Å²) in [6.45, 7) is 4.23. The Labute approximate surface area is 125 Å². The van der Waals surface area contributed by atoms with Crippen LogP contribution in [-0.4, -0.2) is 33.9 Å². The topological polar surface area (TPSA) is 69.6 Å². The van der Waals surface area contributed by atoms with Gasteiger partial charge in [-0.15, -0.1) is 0 Å². The first-order chi connectivity index (χ1) is 10.1. The minimum Gasteiger partial charge on any atom is -0.508 e. The minimum atomic E-state index is -0.437. The summed E-state index contributed by atoms with van der Waals surface area (Å²) in [6.07, 6.45) is 2.07. The standard InChI is InChI=1S/C16H22N2O3/c1-3-6-13-16(21)18(14(4-2)15(20)17-13)10-11-7-5-8-12(19)9-11/h5,7-9,13-14,19H,3-4,6,10H2,1-2H3,(H,17,20). The van der Waals surface area contributed by atoms with E-state index >= 15 is 0 Å². The van der Waals surface area contributed by atoms with E-state index in [2.05, 4.69) is 5.32 Å². The average Bonchev–Trinajstić information content (AvgIpc) is 2.45. The van der Waals surface area contributed by atoms with Gasteiger partial charge in [-0.05, 0) is 30.5 Å². The van der Waals surface area contributed by atoms with Gasteiger partial charge in [-0.3, -0.25) is 9.59 Å². The maximum absolute atomic E-state index is 12.6. The summed E-state index contributed by atoms with van der Waals surface area (Å²) in [7, 11) is 0. The number of nitrogens with one attached hydrogen (secondary N) is 1. The van der Waals surface area contributed by atoms with Crippen LogP contribution >= 0.6 is 0 Å². The van der Waals surface area contributed by atoms with E-state index in [1.54, 1.807) is 23.1 Å². The van der Waals surface area contributed by atoms with E-state index in [9.17, 15) is 14.7 Å². The summed E-state index contributed by atoms with van der Waals surface area (Å²) in [5.41, 5.74) is 0.826. The van der Waals surface area contributed by atoms with Crippen molar-refractivity contribution in [3.8, 4) is 5.75 Å². The maximum Gasteiger partial charge on any atom is 0.246 e. The lowest BCUT2D eigenvalue weighted by Gasteiger charge is -2.38. The highest BCUT2D eigenvalue weighted by Gasteiger charge is 2.38. The van der Waals surface area contributed by atoms with Crippen LogP contribution in [0.3, 0.4) is 0 Å². The molecule has 2 N–H and O–H groups in total. The number of rotatable bonds is 5. The van der Waals surface area contributed by atoms with Crippen molar-refractivity contribution in [3.05, 3.63) is 29.8 Å². The fraction of sp³-hybridized carbons (Fsp3) is 0.500. The minimum absolute atomic E-state index is 0.0355. The first-order valence-corrected chi connectivity index (χ1v) is 7.45. The van der Waals surface area contributed by atoms with Crippen molar-refractivity contribution in [3.63, 3.8) is 0 Å². The zero-order chi connectivity index (χ0) is 15.4. The van der Waals surface area contributed by atoms with Gasteiger partial charge in [0.15, 0.2) is 0 Å². The number of nitrogens with zero attached hydrogens (tertiary/aromatic N) is 1. The van der Waals surface area contributed by atoms with Gasteiger partial charge in [-0.1, -0.05) is 32.4 Å². The van der Waals surface area contributed by atoms with Crippen LogP contribution in [0.25, 0.3) is 0 Å². The highest BCUT2D eigenvalue weighted by molar-refractivity contribution is 5.96. The second kappa shape index (κ2) is 6.61. The maximum atomic E-state index is 12.6. The Hall–Kier alpha value is -2.04. The molecule has 2 unspecified atom stereocenters. The fourth-order valence-corrected chi connectivity index (χ4v) is 2.75. The molecule has 1 aromatic carbocycles. The SMILES string of the molecule is CCCC1NC(=O)C(CC)N(Cc2cccc(O)c2)C1=O. The van der Waals surface area contributed by atoms with Crippen molar-refractivity contribution in [2.24, 2.45) is 0 Å². The zero-order valence-corrected chi connectivity index (χ0v) is 12.5. The molecular formula is C16H22N2O3. The van der Waals surface area contributed by atoms with E-state index < -0.39 is 12.1 Å². The number of aromatic hydroxyl groups is 1. The number of hydrogen-bond acceptors (Lipinski definition) is 3. The number of hydrogen-bond donors (Lipinski definition) is 2. The first-order valence-electron chi connectivity index (χ1n) is 7.45. The number of carbonyl (C=O) groups is 2. The van der Waals surface area contributed by atoms with Crippen LogP contribution in [0.1, 0.15) is 38.7 Å². The van der Waals surface area contributed by atoms with E-state index in [1.807, 2.05) is 19.9 Å². The normalized spacial score (nSPS) is 22.3. The van der Waals surface area contributed by atoms with Crippen molar-refractivity contribution >= 4 is 11.8 Å². The summed E-state index contributed by atoms with van der Waals surface area (Å²) in [6, 6.07) is 5.94. The Morgan fingerprint density at radius 2 is 2.05 bits per heavy atom. The molecule has 2 atom stereocenters. The van der Waals surface area contributed by atoms with E-state index in [1.165, 1.54) is 0 Å². The molecule has 0 aliphatic carbocycles. The molecule has 1 aliphatic heterocycles. The van der Waals surface area contributed by atoms with Crippen LogP contribution in [0.2, 0.25) is 0 Å². The van der Waals surface area contributed by atoms with Gasteiger partial charge in [0.2, 0.25) is 11.8 Å². The average molecular weight is 290 g/mol. The van der Waals surface area contributed by atoms with Gasteiger partial charge in [0.1, 0.15) is 17.8 Å². The molecule has 1 saturated heterocycles. The summed E-state index contributed by atoms with van der Waals surface area (Å²) < 4.78 is 0. The van der Waals surface area contributed by atoms with Crippen LogP contribution in [0, 0.1) is 0 Å². The van der Waals surface area contributed by atoms with Gasteiger partial charge in [-0.25, -0.2) is 0 Å². The highest BCUT2D eigenvalue weighted by atomic mass is 16.3. The molecule has 0 spiro atoms. The number of phenols is 1. The quantitative estimate of drug-likeness (QED) is 0.868. The predicted molar refractivity (Wildman–Crippen MR) is 79.6 cm³/mol. The smallest absolute Gasteiger partial charge is 0.246 e. The van der Waals surface area contributed by atoms with Crippen LogP contribution in [-0.2, 0) is 16.1 Å². The van der Waals surface area contributed by atoms with Crippen LogP contribution < -0.4 is 5.32 Å². The monoisotopic (exact) mass is 290 g/mol. The van der Waals surface area contributed by atoms with Crippen molar-refractivity contribution in [1.82, 2.24) is 10.2 Å². The summed E-state index contributed by atoms with van der Waals surface area (Å²) in [4.78, 5) is 26.4. The second-order valence-corrected chi connectivity index (χ2v) is 5.41. The molecule has 2 amide bonds. The number of carbonyl (C=O) groups excluding carboxylic acids is 2. The zero-order valence-electron chi connectivity index (χ0n) is 12.5. The molecule has 114 valence electrons. The van der Waals surface area contributed by atoms with Crippen molar-refractivity contribution < 1.29 is 14.7 Å². The van der Waals surface area contributed by atoms with Gasteiger partial charge in [0, 0.05) is 6.54 Å². The summed E-state index contributed by atoms with van der Waals surface area (Å²) >= 11 is 0. The first kappa shape index (κ1) is 15.4. The third-order valence-electron chi connectivity index (χ3n) is 3.80. The van der Waals surface area contributed by atoms with Crippen molar-refractivity contribution in [2.75, 3.05) is 0 Å². The molecule has 1 fully saturated rings. The summed E-state index contributed by atoms with van der Waals surface area (Å²) in [5, 5.41) is 12.4. The van der Waals surface area contributed by atoms with Gasteiger partial charge >= 0.3 is 0 Å². The van der Waals surface area contributed by atoms with Crippen LogP contribution in [0.15, 0.2) is 24.3 Å². The van der Waals surface area contributed by atoms with E-state index in [0.29, 0.717) is 19.4 Å². The van der Waals surface area contributed by atoms with Gasteiger partial charge in [-0.2, -0.15) is 0 Å². The molecule has 0 saturated carbocycles. The van der Waals surface area contributed by atoms with E-state index in [4.69, 9.17) is 0 Å². The molecule has 0 radical (unpaired) electrons. The lowest BCUT2D eigenvalue weighted by atomic mass is 10.0. The summed E-state index contributed by atoms with van der Waals surface area (Å²) in [5.74, 6) is 0.0434. The van der Waals surface area contributed by atoms with Crippen molar-refractivity contribution in [1.29, 1.82) is 0 Å². The number of benzene rings is 1. The number of amides is 2. The third-order valence-corrected chi connectivity index (χ3v) is 3.80. The number of piperazine rings is 1. The Kier molecular flexibility index (Phi) is 4.83. The molecule has 1 aromatic rings. The Morgan fingerprint density at radius 1 is 1.29 bits per heavy atom. The molecule has 1 heterocycles. The molecule has 21 heavy (non-hydrogen) atoms. The molecule has 0 bridgehead atoms. The highest BCUT2D eigenvalue weighted by Crippen LogP contribution is 2.20. The second-order valence-electron chi connectivity index (χ2n) is 5.41. The van der Waals surface area contributed by atoms with Crippen molar-refractivity contribution in [2.45, 2.75) is 51.7 Å². The lowest BCUT2D eigenvalue weighted by molar-refractivity contribution is -0.150. The lowest BCUT2D eigenvalue weighted by Crippen LogP contribution is -2.62.